The van der Waals surface area contributed by atoms with E-state index in [1.807, 2.05) is 13.8 Å². The van der Waals surface area contributed by atoms with Gasteiger partial charge in [-0.2, -0.15) is 0 Å². The summed E-state index contributed by atoms with van der Waals surface area (Å²) in [4.78, 5) is 0. The van der Waals surface area contributed by atoms with Crippen molar-refractivity contribution >= 4 is 0 Å². The van der Waals surface area contributed by atoms with Gasteiger partial charge in [0.1, 0.15) is 11.1 Å². The Hall–Kier alpha value is -0.860. The molecule has 1 aromatic rings. The summed E-state index contributed by atoms with van der Waals surface area (Å²) in [5.74, 6) is 0. The van der Waals surface area contributed by atoms with Crippen LogP contribution in [0.1, 0.15) is 31.9 Å². The van der Waals surface area contributed by atoms with Gasteiger partial charge in [-0.1, -0.05) is 24.3 Å². The number of rotatable bonds is 1. The second kappa shape index (κ2) is 3.32. The van der Waals surface area contributed by atoms with Crippen molar-refractivity contribution in [3.63, 3.8) is 0 Å². The molecule has 1 aromatic carbocycles. The van der Waals surface area contributed by atoms with Crippen LogP contribution in [-0.4, -0.2) is 17.3 Å². The number of aliphatic hydroxyl groups is 1. The monoisotopic (exact) mass is 206 g/mol. The molecule has 2 nitrogen and oxygen atoms in total. The van der Waals surface area contributed by atoms with E-state index in [0.717, 1.165) is 13.0 Å². The molecule has 0 radical (unpaired) electrons. The molecule has 0 bridgehead atoms. The van der Waals surface area contributed by atoms with Crippen LogP contribution in [0.3, 0.4) is 0 Å². The number of fused-ring (bicyclic) bond motifs is 1. The van der Waals surface area contributed by atoms with Crippen molar-refractivity contribution in [3.8, 4) is 0 Å². The molecule has 82 valence electrons. The van der Waals surface area contributed by atoms with Gasteiger partial charge in [0, 0.05) is 12.0 Å². The average Bonchev–Trinajstić information content (AvgIpc) is 2.17. The van der Waals surface area contributed by atoms with Crippen LogP contribution in [0.15, 0.2) is 24.3 Å². The second-order valence-corrected chi connectivity index (χ2v) is 5.16. The molecule has 0 fully saturated rings. The zero-order chi connectivity index (χ0) is 11.1. The summed E-state index contributed by atoms with van der Waals surface area (Å²) < 4.78 is 0. The summed E-state index contributed by atoms with van der Waals surface area (Å²) in [6.07, 6.45) is 1.10. The molecule has 2 rings (SSSR count). The fraction of sp³-hybridized carbons (Fsp3) is 0.538. The standard InChI is InChI=1S/C13H19NO/c1-12(2,15)13(3)11-7-5-4-6-10(11)8-9-14-13/h4-7,14-15H,8-9H2,1-3H3/p+1/t13-/m0/s1. The third-order valence-corrected chi connectivity index (χ3v) is 3.81. The summed E-state index contributed by atoms with van der Waals surface area (Å²) in [6.45, 7) is 6.97. The van der Waals surface area contributed by atoms with Gasteiger partial charge in [0.15, 0.2) is 0 Å². The molecule has 0 aromatic heterocycles. The molecule has 1 aliphatic heterocycles. The molecule has 3 N–H and O–H groups in total. The van der Waals surface area contributed by atoms with Crippen LogP contribution in [0.5, 0.6) is 0 Å². The fourth-order valence-corrected chi connectivity index (χ4v) is 2.45. The largest absolute Gasteiger partial charge is 0.384 e. The number of quaternary nitrogens is 1. The van der Waals surface area contributed by atoms with Gasteiger partial charge >= 0.3 is 0 Å². The van der Waals surface area contributed by atoms with E-state index >= 15 is 0 Å². The van der Waals surface area contributed by atoms with Gasteiger partial charge in [-0.3, -0.25) is 0 Å². The van der Waals surface area contributed by atoms with Gasteiger partial charge in [-0.25, -0.2) is 0 Å². The summed E-state index contributed by atoms with van der Waals surface area (Å²) in [6, 6.07) is 8.45. The Morgan fingerprint density at radius 3 is 2.67 bits per heavy atom. The van der Waals surface area contributed by atoms with E-state index in [1.54, 1.807) is 0 Å². The molecule has 0 aliphatic carbocycles. The maximum atomic E-state index is 10.3. The molecule has 0 saturated carbocycles. The Morgan fingerprint density at radius 1 is 1.33 bits per heavy atom. The predicted molar refractivity (Wildman–Crippen MR) is 60.6 cm³/mol. The molecular formula is C13H20NO+. The van der Waals surface area contributed by atoms with Crippen molar-refractivity contribution < 1.29 is 10.4 Å². The lowest BCUT2D eigenvalue weighted by Gasteiger charge is -2.42. The molecule has 2 heteroatoms. The Balaban J connectivity index is 2.55. The topological polar surface area (TPSA) is 36.8 Å². The van der Waals surface area contributed by atoms with Crippen LogP contribution in [0.2, 0.25) is 0 Å². The summed E-state index contributed by atoms with van der Waals surface area (Å²) in [5, 5.41) is 12.6. The first-order valence-electron chi connectivity index (χ1n) is 5.60. The highest BCUT2D eigenvalue weighted by Gasteiger charge is 2.47. The highest BCUT2D eigenvalue weighted by molar-refractivity contribution is 5.35. The molecule has 0 amide bonds. The summed E-state index contributed by atoms with van der Waals surface area (Å²) in [5.41, 5.74) is 1.74. The quantitative estimate of drug-likeness (QED) is 0.700. The molecule has 1 heterocycles. The van der Waals surface area contributed by atoms with Gasteiger partial charge in [0.2, 0.25) is 0 Å². The van der Waals surface area contributed by atoms with Crippen molar-refractivity contribution in [1.29, 1.82) is 0 Å². The highest BCUT2D eigenvalue weighted by Crippen LogP contribution is 2.32. The summed E-state index contributed by atoms with van der Waals surface area (Å²) in [7, 11) is 0. The lowest BCUT2D eigenvalue weighted by atomic mass is 9.74. The molecule has 1 aliphatic rings. The molecule has 0 unspecified atom stereocenters. The maximum absolute atomic E-state index is 10.3. The average molecular weight is 206 g/mol. The van der Waals surface area contributed by atoms with Crippen molar-refractivity contribution in [2.45, 2.75) is 38.3 Å². The van der Waals surface area contributed by atoms with Crippen LogP contribution in [0, 0.1) is 0 Å². The minimum atomic E-state index is -0.705. The van der Waals surface area contributed by atoms with Crippen LogP contribution >= 0.6 is 0 Å². The molecule has 0 saturated heterocycles. The first kappa shape index (κ1) is 10.7. The van der Waals surface area contributed by atoms with Crippen molar-refractivity contribution in [1.82, 2.24) is 0 Å². The normalized spacial score (nSPS) is 26.1. The fourth-order valence-electron chi connectivity index (χ4n) is 2.45. The van der Waals surface area contributed by atoms with E-state index in [4.69, 9.17) is 0 Å². The van der Waals surface area contributed by atoms with E-state index in [2.05, 4.69) is 36.5 Å². The van der Waals surface area contributed by atoms with Crippen LogP contribution in [0.4, 0.5) is 0 Å². The van der Waals surface area contributed by atoms with Gasteiger partial charge in [-0.05, 0) is 26.3 Å². The number of hydrogen-bond donors (Lipinski definition) is 2. The number of nitrogens with two attached hydrogens (primary N) is 1. The summed E-state index contributed by atoms with van der Waals surface area (Å²) >= 11 is 0. The van der Waals surface area contributed by atoms with Gasteiger partial charge in [0.25, 0.3) is 0 Å². The first-order chi connectivity index (χ1) is 6.95. The third kappa shape index (κ3) is 1.58. The van der Waals surface area contributed by atoms with E-state index < -0.39 is 5.60 Å². The first-order valence-corrected chi connectivity index (χ1v) is 5.60. The minimum absolute atomic E-state index is 0.220. The molecule has 0 spiro atoms. The van der Waals surface area contributed by atoms with Gasteiger partial charge < -0.3 is 10.4 Å². The van der Waals surface area contributed by atoms with E-state index in [0.29, 0.717) is 0 Å². The van der Waals surface area contributed by atoms with Crippen molar-refractivity contribution in [2.24, 2.45) is 0 Å². The Kier molecular flexibility index (Phi) is 2.36. The van der Waals surface area contributed by atoms with E-state index in [9.17, 15) is 5.11 Å². The van der Waals surface area contributed by atoms with Gasteiger partial charge in [0.05, 0.1) is 6.54 Å². The van der Waals surface area contributed by atoms with Crippen LogP contribution in [-0.2, 0) is 12.0 Å². The van der Waals surface area contributed by atoms with E-state index in [1.165, 1.54) is 11.1 Å². The van der Waals surface area contributed by atoms with Crippen LogP contribution in [0.25, 0.3) is 0 Å². The molecular weight excluding hydrogens is 186 g/mol. The zero-order valence-corrected chi connectivity index (χ0v) is 9.75. The lowest BCUT2D eigenvalue weighted by Crippen LogP contribution is -3.00. The predicted octanol–water partition coefficient (Wildman–Crippen LogP) is 0.792. The minimum Gasteiger partial charge on any atom is -0.384 e. The highest BCUT2D eigenvalue weighted by atomic mass is 16.3. The molecule has 1 atom stereocenters. The van der Waals surface area contributed by atoms with Crippen molar-refractivity contribution in [3.05, 3.63) is 35.4 Å². The number of hydrogen-bond acceptors (Lipinski definition) is 1. The Bertz CT molecular complexity index is 367. The maximum Gasteiger partial charge on any atom is 0.147 e. The Labute approximate surface area is 91.3 Å². The lowest BCUT2D eigenvalue weighted by molar-refractivity contribution is -0.751. The molecule has 15 heavy (non-hydrogen) atoms. The third-order valence-electron chi connectivity index (χ3n) is 3.81. The smallest absolute Gasteiger partial charge is 0.147 e. The number of benzene rings is 1. The van der Waals surface area contributed by atoms with Crippen LogP contribution < -0.4 is 5.32 Å². The van der Waals surface area contributed by atoms with Crippen molar-refractivity contribution in [2.75, 3.05) is 6.54 Å². The van der Waals surface area contributed by atoms with E-state index in [-0.39, 0.29) is 5.54 Å². The second-order valence-electron chi connectivity index (χ2n) is 5.16. The SMILES string of the molecule is CC(C)(O)[C@@]1(C)[NH2+]CCc2ccccc21. The Morgan fingerprint density at radius 2 is 2.00 bits per heavy atom. The van der Waals surface area contributed by atoms with Gasteiger partial charge in [-0.15, -0.1) is 0 Å². The zero-order valence-electron chi connectivity index (χ0n) is 9.75.